The van der Waals surface area contributed by atoms with Gasteiger partial charge in [0.25, 0.3) is 0 Å². The van der Waals surface area contributed by atoms with Crippen LogP contribution in [-0.4, -0.2) is 17.6 Å². The summed E-state index contributed by atoms with van der Waals surface area (Å²) < 4.78 is 0. The molecule has 0 spiro atoms. The second-order valence-electron chi connectivity index (χ2n) is 4.73. The first kappa shape index (κ1) is 13.7. The highest BCUT2D eigenvalue weighted by molar-refractivity contribution is 5.66. The summed E-state index contributed by atoms with van der Waals surface area (Å²) in [6.07, 6.45) is 1.28. The van der Waals surface area contributed by atoms with E-state index in [4.69, 9.17) is 5.11 Å². The van der Waals surface area contributed by atoms with Gasteiger partial charge in [0.2, 0.25) is 0 Å². The fraction of sp³-hybridized carbons (Fsp3) is 0.500. The molecule has 0 aliphatic rings. The van der Waals surface area contributed by atoms with E-state index in [0.29, 0.717) is 12.5 Å². The fourth-order valence-corrected chi connectivity index (χ4v) is 1.69. The van der Waals surface area contributed by atoms with Gasteiger partial charge in [-0.2, -0.15) is 0 Å². The second kappa shape index (κ2) is 7.07. The molecule has 0 atom stereocenters. The molecular weight excluding hydrogens is 214 g/mol. The molecule has 0 radical (unpaired) electrons. The lowest BCUT2D eigenvalue weighted by Gasteiger charge is -2.07. The van der Waals surface area contributed by atoms with Crippen molar-refractivity contribution in [1.29, 1.82) is 0 Å². The molecular formula is C14H21NO2. The van der Waals surface area contributed by atoms with Crippen LogP contribution in [0.25, 0.3) is 0 Å². The number of hydrogen-bond donors (Lipinski definition) is 2. The van der Waals surface area contributed by atoms with Crippen LogP contribution in [0.5, 0.6) is 0 Å². The minimum atomic E-state index is -0.759. The molecule has 2 N–H and O–H groups in total. The summed E-state index contributed by atoms with van der Waals surface area (Å²) in [6.45, 7) is 5.67. The van der Waals surface area contributed by atoms with Crippen molar-refractivity contribution in [2.45, 2.75) is 33.2 Å². The molecule has 0 aromatic heterocycles. The molecule has 0 bridgehead atoms. The molecule has 94 valence electrons. The summed E-state index contributed by atoms with van der Waals surface area (Å²) in [7, 11) is 0. The average molecular weight is 235 g/mol. The van der Waals surface area contributed by atoms with Crippen LogP contribution in [0.3, 0.4) is 0 Å². The quantitative estimate of drug-likeness (QED) is 0.714. The van der Waals surface area contributed by atoms with E-state index >= 15 is 0 Å². The van der Waals surface area contributed by atoms with Gasteiger partial charge in [-0.05, 0) is 23.5 Å². The molecule has 0 amide bonds. The number of benzene rings is 1. The van der Waals surface area contributed by atoms with Crippen LogP contribution in [0.1, 0.15) is 31.4 Å². The van der Waals surface area contributed by atoms with Crippen LogP contribution >= 0.6 is 0 Å². The highest BCUT2D eigenvalue weighted by Gasteiger charge is 1.99. The Hall–Kier alpha value is -1.35. The predicted molar refractivity (Wildman–Crippen MR) is 68.9 cm³/mol. The Morgan fingerprint density at radius 3 is 2.35 bits per heavy atom. The van der Waals surface area contributed by atoms with Crippen LogP contribution in [0.4, 0.5) is 0 Å². The van der Waals surface area contributed by atoms with Crippen LogP contribution in [0.2, 0.25) is 0 Å². The Balaban J connectivity index is 2.32. The van der Waals surface area contributed by atoms with E-state index in [1.807, 2.05) is 0 Å². The van der Waals surface area contributed by atoms with Crippen molar-refractivity contribution in [3.63, 3.8) is 0 Å². The summed E-state index contributed by atoms with van der Waals surface area (Å²) in [5.41, 5.74) is 2.55. The molecule has 0 heterocycles. The number of aliphatic carboxylic acids is 1. The van der Waals surface area contributed by atoms with Gasteiger partial charge in [0.1, 0.15) is 0 Å². The summed E-state index contributed by atoms with van der Waals surface area (Å²) >= 11 is 0. The first-order valence-electron chi connectivity index (χ1n) is 6.08. The topological polar surface area (TPSA) is 49.3 Å². The largest absolute Gasteiger partial charge is 0.481 e. The zero-order valence-corrected chi connectivity index (χ0v) is 10.6. The monoisotopic (exact) mass is 235 g/mol. The first-order chi connectivity index (χ1) is 8.08. The number of carbonyl (C=O) groups is 1. The number of rotatable bonds is 7. The zero-order valence-electron chi connectivity index (χ0n) is 10.6. The Morgan fingerprint density at radius 2 is 1.82 bits per heavy atom. The molecule has 1 aromatic carbocycles. The van der Waals surface area contributed by atoms with E-state index in [1.165, 1.54) is 11.1 Å². The van der Waals surface area contributed by atoms with Crippen LogP contribution < -0.4 is 5.32 Å². The van der Waals surface area contributed by atoms with E-state index in [2.05, 4.69) is 43.4 Å². The van der Waals surface area contributed by atoms with Crippen molar-refractivity contribution in [1.82, 2.24) is 5.32 Å². The summed E-state index contributed by atoms with van der Waals surface area (Å²) in [5, 5.41) is 11.6. The number of carboxylic acids is 1. The third-order valence-corrected chi connectivity index (χ3v) is 2.51. The minimum Gasteiger partial charge on any atom is -0.481 e. The maximum atomic E-state index is 10.3. The number of carboxylic acid groups (broad SMARTS) is 1. The Morgan fingerprint density at radius 1 is 1.24 bits per heavy atom. The maximum absolute atomic E-state index is 10.3. The molecule has 0 saturated carbocycles. The average Bonchev–Trinajstić information content (AvgIpc) is 2.25. The maximum Gasteiger partial charge on any atom is 0.304 e. The molecule has 3 nitrogen and oxygen atoms in total. The van der Waals surface area contributed by atoms with Gasteiger partial charge in [-0.15, -0.1) is 0 Å². The lowest BCUT2D eigenvalue weighted by molar-refractivity contribution is -0.136. The van der Waals surface area contributed by atoms with Crippen molar-refractivity contribution >= 4 is 5.97 Å². The lowest BCUT2D eigenvalue weighted by atomic mass is 10.0. The van der Waals surface area contributed by atoms with Crippen molar-refractivity contribution < 1.29 is 9.90 Å². The SMILES string of the molecule is CC(C)Cc1ccc(CNCCC(=O)O)cc1. The summed E-state index contributed by atoms with van der Waals surface area (Å²) in [5.74, 6) is -0.0840. The molecule has 0 unspecified atom stereocenters. The summed E-state index contributed by atoms with van der Waals surface area (Å²) in [4.78, 5) is 10.3. The van der Waals surface area contributed by atoms with Gasteiger partial charge in [-0.1, -0.05) is 38.1 Å². The molecule has 0 fully saturated rings. The van der Waals surface area contributed by atoms with Gasteiger partial charge in [0.15, 0.2) is 0 Å². The van der Waals surface area contributed by atoms with Gasteiger partial charge in [0.05, 0.1) is 6.42 Å². The Labute approximate surface area is 103 Å². The van der Waals surface area contributed by atoms with E-state index in [1.54, 1.807) is 0 Å². The summed E-state index contributed by atoms with van der Waals surface area (Å²) in [6, 6.07) is 8.50. The lowest BCUT2D eigenvalue weighted by Crippen LogP contribution is -2.17. The molecule has 0 aliphatic heterocycles. The normalized spacial score (nSPS) is 10.8. The molecule has 3 heteroatoms. The smallest absolute Gasteiger partial charge is 0.304 e. The molecule has 1 rings (SSSR count). The highest BCUT2D eigenvalue weighted by Crippen LogP contribution is 2.09. The Kier molecular flexibility index (Phi) is 5.70. The predicted octanol–water partition coefficient (Wildman–Crippen LogP) is 2.45. The molecule has 0 aliphatic carbocycles. The van der Waals surface area contributed by atoms with Crippen LogP contribution in [0, 0.1) is 5.92 Å². The fourth-order valence-electron chi connectivity index (χ4n) is 1.69. The molecule has 1 aromatic rings. The van der Waals surface area contributed by atoms with E-state index in [-0.39, 0.29) is 6.42 Å². The van der Waals surface area contributed by atoms with Gasteiger partial charge in [-0.3, -0.25) is 4.79 Å². The van der Waals surface area contributed by atoms with E-state index in [9.17, 15) is 4.79 Å². The van der Waals surface area contributed by atoms with Crippen molar-refractivity contribution in [2.24, 2.45) is 5.92 Å². The third kappa shape index (κ3) is 6.07. The van der Waals surface area contributed by atoms with Crippen LogP contribution in [-0.2, 0) is 17.8 Å². The van der Waals surface area contributed by atoms with Gasteiger partial charge in [-0.25, -0.2) is 0 Å². The first-order valence-corrected chi connectivity index (χ1v) is 6.08. The van der Waals surface area contributed by atoms with Gasteiger partial charge >= 0.3 is 5.97 Å². The number of hydrogen-bond acceptors (Lipinski definition) is 2. The van der Waals surface area contributed by atoms with E-state index < -0.39 is 5.97 Å². The van der Waals surface area contributed by atoms with Crippen molar-refractivity contribution in [2.75, 3.05) is 6.54 Å². The zero-order chi connectivity index (χ0) is 12.7. The highest BCUT2D eigenvalue weighted by atomic mass is 16.4. The van der Waals surface area contributed by atoms with Gasteiger partial charge < -0.3 is 10.4 Å². The number of nitrogens with one attached hydrogen (secondary N) is 1. The van der Waals surface area contributed by atoms with Crippen LogP contribution in [0.15, 0.2) is 24.3 Å². The van der Waals surface area contributed by atoms with Crippen molar-refractivity contribution in [3.05, 3.63) is 35.4 Å². The third-order valence-electron chi connectivity index (χ3n) is 2.51. The minimum absolute atomic E-state index is 0.172. The molecule has 0 saturated heterocycles. The Bertz CT molecular complexity index is 344. The second-order valence-corrected chi connectivity index (χ2v) is 4.73. The standard InChI is InChI=1S/C14H21NO2/c1-11(2)9-12-3-5-13(6-4-12)10-15-8-7-14(16)17/h3-6,11,15H,7-10H2,1-2H3,(H,16,17). The van der Waals surface area contributed by atoms with Crippen molar-refractivity contribution in [3.8, 4) is 0 Å². The van der Waals surface area contributed by atoms with Gasteiger partial charge in [0, 0.05) is 13.1 Å². The molecule has 17 heavy (non-hydrogen) atoms. The van der Waals surface area contributed by atoms with E-state index in [0.717, 1.165) is 13.0 Å².